The van der Waals surface area contributed by atoms with Crippen LogP contribution in [0.3, 0.4) is 0 Å². The number of benzene rings is 1. The molecular weight excluding hydrogens is 320 g/mol. The first kappa shape index (κ1) is 15.6. The lowest BCUT2D eigenvalue weighted by Crippen LogP contribution is -2.57. The van der Waals surface area contributed by atoms with E-state index in [1.807, 2.05) is 6.07 Å². The van der Waals surface area contributed by atoms with Crippen molar-refractivity contribution < 1.29 is 9.47 Å². The van der Waals surface area contributed by atoms with Crippen molar-refractivity contribution in [2.45, 2.75) is 25.9 Å². The molecule has 0 bridgehead atoms. The van der Waals surface area contributed by atoms with Gasteiger partial charge in [-0.1, -0.05) is 15.9 Å². The van der Waals surface area contributed by atoms with Crippen molar-refractivity contribution in [3.05, 3.63) is 22.2 Å². The van der Waals surface area contributed by atoms with Crippen LogP contribution in [0.1, 0.15) is 19.4 Å². The minimum Gasteiger partial charge on any atom is -0.493 e. The fourth-order valence-electron chi connectivity index (χ4n) is 2.54. The topological polar surface area (TPSA) is 33.7 Å². The number of halogens is 1. The van der Waals surface area contributed by atoms with Crippen LogP contribution in [0, 0.1) is 0 Å². The zero-order valence-electron chi connectivity index (χ0n) is 12.6. The molecule has 0 aromatic heterocycles. The monoisotopic (exact) mass is 342 g/mol. The average Bonchev–Trinajstić information content (AvgIpc) is 2.42. The Morgan fingerprint density at radius 2 is 1.90 bits per heavy atom. The van der Waals surface area contributed by atoms with Gasteiger partial charge in [0.25, 0.3) is 0 Å². The first-order valence-corrected chi connectivity index (χ1v) is 7.63. The van der Waals surface area contributed by atoms with Crippen LogP contribution in [0.15, 0.2) is 16.6 Å². The van der Waals surface area contributed by atoms with Crippen LogP contribution in [-0.4, -0.2) is 44.3 Å². The number of nitrogens with one attached hydrogen (secondary N) is 1. The Morgan fingerprint density at radius 3 is 2.50 bits per heavy atom. The highest BCUT2D eigenvalue weighted by molar-refractivity contribution is 9.10. The molecule has 20 heavy (non-hydrogen) atoms. The minimum atomic E-state index is 0.158. The van der Waals surface area contributed by atoms with Crippen molar-refractivity contribution in [1.82, 2.24) is 10.2 Å². The molecule has 1 fully saturated rings. The van der Waals surface area contributed by atoms with Gasteiger partial charge in [0.2, 0.25) is 0 Å². The Balaban J connectivity index is 2.24. The van der Waals surface area contributed by atoms with E-state index >= 15 is 0 Å². The Kier molecular flexibility index (Phi) is 4.94. The SMILES string of the molecule is COc1cc(Br)c(CN2CCNCC2(C)C)cc1OC. The van der Waals surface area contributed by atoms with Crippen molar-refractivity contribution in [1.29, 1.82) is 0 Å². The summed E-state index contributed by atoms with van der Waals surface area (Å²) in [6.45, 7) is 8.54. The van der Waals surface area contributed by atoms with E-state index in [0.29, 0.717) is 0 Å². The molecule has 5 heteroatoms. The lowest BCUT2D eigenvalue weighted by Gasteiger charge is -2.43. The summed E-state index contributed by atoms with van der Waals surface area (Å²) < 4.78 is 11.8. The molecule has 1 heterocycles. The van der Waals surface area contributed by atoms with Gasteiger partial charge >= 0.3 is 0 Å². The third-order valence-corrected chi connectivity index (χ3v) is 4.62. The van der Waals surface area contributed by atoms with Gasteiger partial charge < -0.3 is 14.8 Å². The maximum atomic E-state index is 5.40. The van der Waals surface area contributed by atoms with Crippen LogP contribution in [0.5, 0.6) is 11.5 Å². The zero-order valence-corrected chi connectivity index (χ0v) is 14.2. The standard InChI is InChI=1S/C15H23BrN2O2/c1-15(2)10-17-5-6-18(15)9-11-7-13(19-3)14(20-4)8-12(11)16/h7-8,17H,5-6,9-10H2,1-4H3. The number of rotatable bonds is 4. The van der Waals surface area contributed by atoms with Crippen molar-refractivity contribution in [3.63, 3.8) is 0 Å². The molecule has 0 atom stereocenters. The van der Waals surface area contributed by atoms with E-state index in [2.05, 4.69) is 46.1 Å². The van der Waals surface area contributed by atoms with Gasteiger partial charge in [0, 0.05) is 36.2 Å². The van der Waals surface area contributed by atoms with Gasteiger partial charge in [-0.05, 0) is 31.5 Å². The highest BCUT2D eigenvalue weighted by atomic mass is 79.9. The number of methoxy groups -OCH3 is 2. The highest BCUT2D eigenvalue weighted by Gasteiger charge is 2.30. The molecule has 2 rings (SSSR count). The van der Waals surface area contributed by atoms with Crippen LogP contribution >= 0.6 is 15.9 Å². The summed E-state index contributed by atoms with van der Waals surface area (Å²) in [4.78, 5) is 2.50. The average molecular weight is 343 g/mol. The third-order valence-electron chi connectivity index (χ3n) is 3.89. The molecular formula is C15H23BrN2O2. The molecule has 0 amide bonds. The van der Waals surface area contributed by atoms with Gasteiger partial charge in [-0.25, -0.2) is 0 Å². The molecule has 0 saturated carbocycles. The summed E-state index contributed by atoms with van der Waals surface area (Å²) in [5.74, 6) is 1.53. The molecule has 1 aromatic carbocycles. The van der Waals surface area contributed by atoms with Crippen molar-refractivity contribution in [2.75, 3.05) is 33.9 Å². The van der Waals surface area contributed by atoms with Crippen LogP contribution in [0.4, 0.5) is 0 Å². The van der Waals surface area contributed by atoms with Gasteiger partial charge in [0.05, 0.1) is 14.2 Å². The van der Waals surface area contributed by atoms with Gasteiger partial charge in [0.15, 0.2) is 11.5 Å². The second kappa shape index (κ2) is 6.33. The normalized spacial score (nSPS) is 18.9. The number of nitrogens with zero attached hydrogens (tertiary/aromatic N) is 1. The predicted octanol–water partition coefficient (Wildman–Crippen LogP) is 2.65. The number of piperazine rings is 1. The van der Waals surface area contributed by atoms with E-state index in [4.69, 9.17) is 9.47 Å². The fourth-order valence-corrected chi connectivity index (χ4v) is 2.99. The largest absolute Gasteiger partial charge is 0.493 e. The lowest BCUT2D eigenvalue weighted by atomic mass is 9.99. The first-order valence-electron chi connectivity index (χ1n) is 6.84. The molecule has 0 spiro atoms. The van der Waals surface area contributed by atoms with E-state index < -0.39 is 0 Å². The quantitative estimate of drug-likeness (QED) is 0.911. The van der Waals surface area contributed by atoms with Crippen molar-refractivity contribution in [3.8, 4) is 11.5 Å². The second-order valence-electron chi connectivity index (χ2n) is 5.71. The van der Waals surface area contributed by atoms with E-state index in [-0.39, 0.29) is 5.54 Å². The first-order chi connectivity index (χ1) is 9.47. The maximum Gasteiger partial charge on any atom is 0.161 e. The smallest absolute Gasteiger partial charge is 0.161 e. The fraction of sp³-hybridized carbons (Fsp3) is 0.600. The molecule has 112 valence electrons. The summed E-state index contributed by atoms with van der Waals surface area (Å²) in [6, 6.07) is 4.03. The Labute approximate surface area is 129 Å². The molecule has 4 nitrogen and oxygen atoms in total. The molecule has 1 aliphatic rings. The maximum absolute atomic E-state index is 5.40. The molecule has 1 aliphatic heterocycles. The van der Waals surface area contributed by atoms with Crippen LogP contribution < -0.4 is 14.8 Å². The van der Waals surface area contributed by atoms with E-state index in [0.717, 1.165) is 42.2 Å². The van der Waals surface area contributed by atoms with Gasteiger partial charge in [-0.15, -0.1) is 0 Å². The Hall–Kier alpha value is -0.780. The summed E-state index contributed by atoms with van der Waals surface area (Å²) in [7, 11) is 3.33. The van der Waals surface area contributed by atoms with Gasteiger partial charge in [0.1, 0.15) is 0 Å². The molecule has 0 aliphatic carbocycles. The van der Waals surface area contributed by atoms with E-state index in [9.17, 15) is 0 Å². The molecule has 1 aromatic rings. The molecule has 1 N–H and O–H groups in total. The van der Waals surface area contributed by atoms with Crippen LogP contribution in [-0.2, 0) is 6.54 Å². The number of hydrogen-bond acceptors (Lipinski definition) is 4. The zero-order chi connectivity index (χ0) is 14.8. The molecule has 0 unspecified atom stereocenters. The molecule has 0 radical (unpaired) electrons. The summed E-state index contributed by atoms with van der Waals surface area (Å²) in [5, 5.41) is 3.45. The second-order valence-corrected chi connectivity index (χ2v) is 6.56. The van der Waals surface area contributed by atoms with Crippen LogP contribution in [0.25, 0.3) is 0 Å². The van der Waals surface area contributed by atoms with Crippen molar-refractivity contribution >= 4 is 15.9 Å². The van der Waals surface area contributed by atoms with E-state index in [1.165, 1.54) is 5.56 Å². The predicted molar refractivity (Wildman–Crippen MR) is 84.6 cm³/mol. The summed E-state index contributed by atoms with van der Waals surface area (Å²) >= 11 is 3.64. The third kappa shape index (κ3) is 3.27. The van der Waals surface area contributed by atoms with Gasteiger partial charge in [-0.3, -0.25) is 4.90 Å². The van der Waals surface area contributed by atoms with Crippen molar-refractivity contribution in [2.24, 2.45) is 0 Å². The van der Waals surface area contributed by atoms with Crippen LogP contribution in [0.2, 0.25) is 0 Å². The summed E-state index contributed by atoms with van der Waals surface area (Å²) in [6.07, 6.45) is 0. The number of hydrogen-bond donors (Lipinski definition) is 1. The van der Waals surface area contributed by atoms with Gasteiger partial charge in [-0.2, -0.15) is 0 Å². The Bertz CT molecular complexity index is 477. The highest BCUT2D eigenvalue weighted by Crippen LogP contribution is 2.34. The number of ether oxygens (including phenoxy) is 2. The Morgan fingerprint density at radius 1 is 1.25 bits per heavy atom. The lowest BCUT2D eigenvalue weighted by molar-refractivity contribution is 0.0824. The van der Waals surface area contributed by atoms with E-state index in [1.54, 1.807) is 14.2 Å². The minimum absolute atomic E-state index is 0.158. The molecule has 1 saturated heterocycles. The summed E-state index contributed by atoms with van der Waals surface area (Å²) in [5.41, 5.74) is 1.38.